The topological polar surface area (TPSA) is 98.8 Å². The highest BCUT2D eigenvalue weighted by molar-refractivity contribution is 6.23. The van der Waals surface area contributed by atoms with E-state index in [0.29, 0.717) is 23.2 Å². The Morgan fingerprint density at radius 2 is 1.80 bits per heavy atom. The van der Waals surface area contributed by atoms with Crippen LogP contribution in [0, 0.1) is 0 Å². The number of carbonyl (C=O) groups is 4. The van der Waals surface area contributed by atoms with Crippen LogP contribution in [0.2, 0.25) is 0 Å². The standard InChI is InChI=1S/C22H28N4O4/c1-3-23-16-6-4-5-7-17(16)25(2)13-8-9-14-15(12-13)22(30)26(21(14)29)18-10-11-19(27)24-20(18)28/h8-9,12,16-18,23H,3-7,10-11H2,1-2H3,(H,24,27,28)/t16-,17?,18?/m0/s1. The van der Waals surface area contributed by atoms with Crippen LogP contribution in [-0.4, -0.2) is 60.2 Å². The molecule has 1 saturated carbocycles. The SMILES string of the molecule is CCN[C@H]1CCCCC1N(C)c1ccc2c(c1)C(=O)N(C1CCC(=O)NC1=O)C2=O. The highest BCUT2D eigenvalue weighted by Gasteiger charge is 2.44. The molecule has 2 fully saturated rings. The second-order valence-corrected chi connectivity index (χ2v) is 8.30. The predicted molar refractivity (Wildman–Crippen MR) is 111 cm³/mol. The minimum Gasteiger partial charge on any atom is -0.370 e. The number of hydrogen-bond acceptors (Lipinski definition) is 6. The van der Waals surface area contributed by atoms with E-state index in [0.717, 1.165) is 30.0 Å². The average Bonchev–Trinajstić information content (AvgIpc) is 2.98. The Labute approximate surface area is 176 Å². The minimum atomic E-state index is -0.937. The third kappa shape index (κ3) is 3.49. The summed E-state index contributed by atoms with van der Waals surface area (Å²) in [6.45, 7) is 3.02. The molecule has 2 N–H and O–H groups in total. The number of carbonyl (C=O) groups excluding carboxylic acids is 4. The van der Waals surface area contributed by atoms with Crippen LogP contribution in [0.5, 0.6) is 0 Å². The van der Waals surface area contributed by atoms with Crippen LogP contribution >= 0.6 is 0 Å². The number of anilines is 1. The Morgan fingerprint density at radius 1 is 1.07 bits per heavy atom. The molecular weight excluding hydrogens is 384 g/mol. The fourth-order valence-corrected chi connectivity index (χ4v) is 4.95. The van der Waals surface area contributed by atoms with Crippen molar-refractivity contribution in [3.8, 4) is 0 Å². The molecule has 0 aromatic heterocycles. The van der Waals surface area contributed by atoms with Gasteiger partial charge in [0.05, 0.1) is 11.1 Å². The summed E-state index contributed by atoms with van der Waals surface area (Å²) in [4.78, 5) is 52.8. The smallest absolute Gasteiger partial charge is 0.262 e. The molecule has 4 amide bonds. The summed E-state index contributed by atoms with van der Waals surface area (Å²) in [5.41, 5.74) is 1.52. The van der Waals surface area contributed by atoms with Gasteiger partial charge in [-0.3, -0.25) is 29.4 Å². The van der Waals surface area contributed by atoms with E-state index in [-0.39, 0.29) is 18.7 Å². The second-order valence-electron chi connectivity index (χ2n) is 8.30. The van der Waals surface area contributed by atoms with Crippen LogP contribution in [0.4, 0.5) is 5.69 Å². The number of likely N-dealkylation sites (N-methyl/N-ethyl adjacent to an activating group) is 2. The number of nitrogens with one attached hydrogen (secondary N) is 2. The number of benzene rings is 1. The van der Waals surface area contributed by atoms with Crippen LogP contribution in [0.15, 0.2) is 18.2 Å². The molecule has 0 bridgehead atoms. The van der Waals surface area contributed by atoms with Crippen molar-refractivity contribution in [3.05, 3.63) is 29.3 Å². The van der Waals surface area contributed by atoms with Gasteiger partial charge in [0, 0.05) is 31.2 Å². The zero-order valence-electron chi connectivity index (χ0n) is 17.4. The van der Waals surface area contributed by atoms with E-state index >= 15 is 0 Å². The number of piperidine rings is 1. The highest BCUT2D eigenvalue weighted by Crippen LogP contribution is 2.32. The highest BCUT2D eigenvalue weighted by atomic mass is 16.2. The van der Waals surface area contributed by atoms with E-state index in [4.69, 9.17) is 0 Å². The maximum absolute atomic E-state index is 13.1. The van der Waals surface area contributed by atoms with Crippen molar-refractivity contribution in [1.82, 2.24) is 15.5 Å². The van der Waals surface area contributed by atoms with Crippen LogP contribution in [0.3, 0.4) is 0 Å². The van der Waals surface area contributed by atoms with E-state index in [2.05, 4.69) is 22.5 Å². The predicted octanol–water partition coefficient (Wildman–Crippen LogP) is 1.44. The van der Waals surface area contributed by atoms with Crippen LogP contribution < -0.4 is 15.5 Å². The van der Waals surface area contributed by atoms with E-state index in [1.807, 2.05) is 13.1 Å². The Hall–Kier alpha value is -2.74. The van der Waals surface area contributed by atoms with E-state index in [1.54, 1.807) is 12.1 Å². The summed E-state index contributed by atoms with van der Waals surface area (Å²) < 4.78 is 0. The lowest BCUT2D eigenvalue weighted by Gasteiger charge is -2.39. The molecule has 0 radical (unpaired) electrons. The maximum Gasteiger partial charge on any atom is 0.262 e. The molecular formula is C22H28N4O4. The molecule has 3 aliphatic rings. The molecule has 30 heavy (non-hydrogen) atoms. The first kappa shape index (κ1) is 20.5. The number of fused-ring (bicyclic) bond motifs is 1. The summed E-state index contributed by atoms with van der Waals surface area (Å²) in [5, 5.41) is 5.79. The fourth-order valence-electron chi connectivity index (χ4n) is 4.95. The van der Waals surface area contributed by atoms with Gasteiger partial charge in [-0.05, 0) is 44.0 Å². The minimum absolute atomic E-state index is 0.116. The van der Waals surface area contributed by atoms with Gasteiger partial charge in [0.2, 0.25) is 11.8 Å². The van der Waals surface area contributed by atoms with Gasteiger partial charge < -0.3 is 10.2 Å². The van der Waals surface area contributed by atoms with Gasteiger partial charge in [0.25, 0.3) is 11.8 Å². The fraction of sp³-hybridized carbons (Fsp3) is 0.545. The van der Waals surface area contributed by atoms with Crippen molar-refractivity contribution in [1.29, 1.82) is 0 Å². The lowest BCUT2D eigenvalue weighted by atomic mass is 9.89. The summed E-state index contributed by atoms with van der Waals surface area (Å²) in [7, 11) is 2.03. The normalized spacial score (nSPS) is 26.6. The molecule has 4 rings (SSSR count). The number of nitrogens with zero attached hydrogens (tertiary/aromatic N) is 2. The molecule has 2 aliphatic heterocycles. The molecule has 1 aromatic carbocycles. The van der Waals surface area contributed by atoms with Crippen molar-refractivity contribution < 1.29 is 19.2 Å². The molecule has 8 nitrogen and oxygen atoms in total. The zero-order chi connectivity index (χ0) is 21.4. The van der Waals surface area contributed by atoms with Gasteiger partial charge in [0.15, 0.2) is 0 Å². The summed E-state index contributed by atoms with van der Waals surface area (Å²) in [6.07, 6.45) is 4.85. The van der Waals surface area contributed by atoms with Crippen molar-refractivity contribution in [3.63, 3.8) is 0 Å². The molecule has 3 atom stereocenters. The number of amides is 4. The van der Waals surface area contributed by atoms with Gasteiger partial charge in [0.1, 0.15) is 6.04 Å². The molecule has 2 heterocycles. The van der Waals surface area contributed by atoms with E-state index in [1.165, 1.54) is 12.8 Å². The first-order valence-corrected chi connectivity index (χ1v) is 10.7. The second kappa shape index (κ2) is 8.18. The lowest BCUT2D eigenvalue weighted by molar-refractivity contribution is -0.136. The first-order valence-electron chi connectivity index (χ1n) is 10.7. The van der Waals surface area contributed by atoms with Crippen molar-refractivity contribution in [2.45, 2.75) is 63.6 Å². The number of hydrogen-bond donors (Lipinski definition) is 2. The Bertz CT molecular complexity index is 897. The van der Waals surface area contributed by atoms with E-state index in [9.17, 15) is 19.2 Å². The number of rotatable bonds is 5. The zero-order valence-corrected chi connectivity index (χ0v) is 17.4. The largest absolute Gasteiger partial charge is 0.370 e. The Balaban J connectivity index is 1.59. The Morgan fingerprint density at radius 3 is 2.53 bits per heavy atom. The molecule has 0 spiro atoms. The molecule has 1 saturated heterocycles. The van der Waals surface area contributed by atoms with Crippen molar-refractivity contribution in [2.24, 2.45) is 0 Å². The van der Waals surface area contributed by atoms with Crippen molar-refractivity contribution >= 4 is 29.3 Å². The van der Waals surface area contributed by atoms with Gasteiger partial charge in [-0.1, -0.05) is 19.8 Å². The summed E-state index contributed by atoms with van der Waals surface area (Å²) >= 11 is 0. The molecule has 1 aromatic rings. The third-order valence-corrected chi connectivity index (χ3v) is 6.52. The Kier molecular flexibility index (Phi) is 5.60. The van der Waals surface area contributed by atoms with Crippen LogP contribution in [0.1, 0.15) is 66.2 Å². The van der Waals surface area contributed by atoms with Crippen molar-refractivity contribution in [2.75, 3.05) is 18.5 Å². The van der Waals surface area contributed by atoms with Gasteiger partial charge in [-0.25, -0.2) is 0 Å². The van der Waals surface area contributed by atoms with Crippen LogP contribution in [0.25, 0.3) is 0 Å². The quantitative estimate of drug-likeness (QED) is 0.710. The number of imide groups is 2. The summed E-state index contributed by atoms with van der Waals surface area (Å²) in [5.74, 6) is -1.90. The molecule has 8 heteroatoms. The maximum atomic E-state index is 13.1. The summed E-state index contributed by atoms with van der Waals surface area (Å²) in [6, 6.07) is 5.08. The molecule has 1 aliphatic carbocycles. The van der Waals surface area contributed by atoms with Gasteiger partial charge in [-0.2, -0.15) is 0 Å². The van der Waals surface area contributed by atoms with Gasteiger partial charge >= 0.3 is 0 Å². The average molecular weight is 412 g/mol. The lowest BCUT2D eigenvalue weighted by Crippen LogP contribution is -2.54. The van der Waals surface area contributed by atoms with Crippen LogP contribution in [-0.2, 0) is 9.59 Å². The first-order chi connectivity index (χ1) is 14.4. The molecule has 160 valence electrons. The third-order valence-electron chi connectivity index (χ3n) is 6.52. The molecule has 2 unspecified atom stereocenters. The van der Waals surface area contributed by atoms with Gasteiger partial charge in [-0.15, -0.1) is 0 Å². The monoisotopic (exact) mass is 412 g/mol. The van der Waals surface area contributed by atoms with E-state index < -0.39 is 23.8 Å².